The van der Waals surface area contributed by atoms with E-state index < -0.39 is 0 Å². The maximum atomic E-state index is 12.8. The Hall–Kier alpha value is -1.67. The number of thiazole rings is 1. The molecule has 2 aliphatic heterocycles. The van der Waals surface area contributed by atoms with Gasteiger partial charge in [0.1, 0.15) is 0 Å². The number of aryl methyl sites for hydroxylation is 1. The van der Waals surface area contributed by atoms with E-state index in [1.807, 2.05) is 11.8 Å². The molecule has 3 heterocycles. The van der Waals surface area contributed by atoms with E-state index in [1.165, 1.54) is 11.3 Å². The summed E-state index contributed by atoms with van der Waals surface area (Å²) in [5.41, 5.74) is 0.980. The Bertz CT molecular complexity index is 707. The number of anilines is 1. The average molecular weight is 409 g/mol. The lowest BCUT2D eigenvalue weighted by Gasteiger charge is -2.28. The van der Waals surface area contributed by atoms with Crippen molar-refractivity contribution in [1.82, 2.24) is 14.8 Å². The molecule has 1 aromatic rings. The van der Waals surface area contributed by atoms with Crippen LogP contribution in [0.5, 0.6) is 0 Å². The Balaban J connectivity index is 1.56. The van der Waals surface area contributed by atoms with Gasteiger partial charge in [0.25, 0.3) is 0 Å². The second-order valence-corrected chi connectivity index (χ2v) is 9.86. The van der Waals surface area contributed by atoms with Gasteiger partial charge in [-0.25, -0.2) is 9.78 Å². The van der Waals surface area contributed by atoms with Gasteiger partial charge in [0.2, 0.25) is 5.91 Å². The van der Waals surface area contributed by atoms with Crippen molar-refractivity contribution in [3.8, 4) is 0 Å². The third-order valence-corrected chi connectivity index (χ3v) is 6.27. The van der Waals surface area contributed by atoms with Crippen LogP contribution in [0.2, 0.25) is 0 Å². The van der Waals surface area contributed by atoms with Crippen LogP contribution >= 0.6 is 11.3 Å². The number of nitrogens with zero attached hydrogens (tertiary/aromatic N) is 3. The quantitative estimate of drug-likeness (QED) is 0.815. The maximum absolute atomic E-state index is 12.8. The van der Waals surface area contributed by atoms with Crippen LogP contribution in [0.25, 0.3) is 0 Å². The van der Waals surface area contributed by atoms with Gasteiger partial charge in [0.15, 0.2) is 5.13 Å². The second kappa shape index (κ2) is 8.78. The molecule has 7 nitrogen and oxygen atoms in total. The van der Waals surface area contributed by atoms with Crippen molar-refractivity contribution in [2.24, 2.45) is 5.92 Å². The monoisotopic (exact) mass is 408 g/mol. The third kappa shape index (κ3) is 5.03. The van der Waals surface area contributed by atoms with Gasteiger partial charge in [-0.1, -0.05) is 20.8 Å². The molecule has 0 atom stereocenters. The van der Waals surface area contributed by atoms with Gasteiger partial charge in [-0.3, -0.25) is 10.1 Å². The van der Waals surface area contributed by atoms with E-state index in [1.54, 1.807) is 4.90 Å². The molecule has 0 bridgehead atoms. The molecule has 2 saturated heterocycles. The second-order valence-electron chi connectivity index (χ2n) is 8.66. The molecule has 3 rings (SSSR count). The molecule has 3 amide bonds. The van der Waals surface area contributed by atoms with Crippen LogP contribution in [0.4, 0.5) is 9.93 Å². The molecule has 0 saturated carbocycles. The van der Waals surface area contributed by atoms with Crippen LogP contribution in [0.15, 0.2) is 0 Å². The number of hydrogen-bond donors (Lipinski definition) is 1. The Morgan fingerprint density at radius 2 is 1.75 bits per heavy atom. The fourth-order valence-corrected chi connectivity index (χ4v) is 4.87. The molecule has 0 radical (unpaired) electrons. The predicted octanol–water partition coefficient (Wildman–Crippen LogP) is 3.24. The lowest BCUT2D eigenvalue weighted by Crippen LogP contribution is -2.42. The molecule has 0 aliphatic carbocycles. The molecule has 2 fully saturated rings. The van der Waals surface area contributed by atoms with E-state index in [-0.39, 0.29) is 23.3 Å². The van der Waals surface area contributed by atoms with Gasteiger partial charge < -0.3 is 14.5 Å². The standard InChI is InChI=1S/C20H32N4O3S/c1-14-16(20(2,3)4)21-18(28-14)22-19(26)24-9-5-8-23(10-11-24)17(25)15-6-12-27-13-7-15/h15H,5-13H2,1-4H3,(H,21,22,26). The van der Waals surface area contributed by atoms with Crippen molar-refractivity contribution in [2.45, 2.75) is 52.4 Å². The molecule has 28 heavy (non-hydrogen) atoms. The van der Waals surface area contributed by atoms with Gasteiger partial charge >= 0.3 is 6.03 Å². The van der Waals surface area contributed by atoms with E-state index in [0.717, 1.165) is 29.8 Å². The SMILES string of the molecule is Cc1sc(NC(=O)N2CCCN(C(=O)C3CCOCC3)CC2)nc1C(C)(C)C. The van der Waals surface area contributed by atoms with Gasteiger partial charge in [0, 0.05) is 55.6 Å². The van der Waals surface area contributed by atoms with Crippen molar-refractivity contribution < 1.29 is 14.3 Å². The van der Waals surface area contributed by atoms with E-state index >= 15 is 0 Å². The highest BCUT2D eigenvalue weighted by Crippen LogP contribution is 2.31. The van der Waals surface area contributed by atoms with Crippen LogP contribution in [-0.2, 0) is 14.9 Å². The largest absolute Gasteiger partial charge is 0.381 e. The van der Waals surface area contributed by atoms with Crippen LogP contribution in [0.3, 0.4) is 0 Å². The molecule has 156 valence electrons. The minimum atomic E-state index is -0.130. The molecule has 0 aromatic carbocycles. The minimum Gasteiger partial charge on any atom is -0.381 e. The molecule has 8 heteroatoms. The first-order valence-electron chi connectivity index (χ1n) is 10.2. The number of nitrogens with one attached hydrogen (secondary N) is 1. The third-order valence-electron chi connectivity index (χ3n) is 5.39. The normalized spacial score (nSPS) is 19.4. The number of aromatic nitrogens is 1. The van der Waals surface area contributed by atoms with Gasteiger partial charge in [-0.15, -0.1) is 11.3 Å². The van der Waals surface area contributed by atoms with Crippen molar-refractivity contribution in [1.29, 1.82) is 0 Å². The van der Waals surface area contributed by atoms with E-state index in [9.17, 15) is 9.59 Å². The summed E-state index contributed by atoms with van der Waals surface area (Å²) in [6.45, 7) is 12.3. The number of urea groups is 1. The highest BCUT2D eigenvalue weighted by molar-refractivity contribution is 7.15. The maximum Gasteiger partial charge on any atom is 0.323 e. The van der Waals surface area contributed by atoms with E-state index in [2.05, 4.69) is 31.1 Å². The average Bonchev–Trinajstić information content (AvgIpc) is 2.88. The first-order chi connectivity index (χ1) is 13.3. The summed E-state index contributed by atoms with van der Waals surface area (Å²) >= 11 is 1.52. The van der Waals surface area contributed by atoms with Gasteiger partial charge in [-0.05, 0) is 26.2 Å². The Morgan fingerprint density at radius 3 is 2.39 bits per heavy atom. The van der Waals surface area contributed by atoms with Gasteiger partial charge in [0.05, 0.1) is 5.69 Å². The number of ether oxygens (including phenoxy) is 1. The lowest BCUT2D eigenvalue weighted by atomic mass is 9.92. The fraction of sp³-hybridized carbons (Fsp3) is 0.750. The summed E-state index contributed by atoms with van der Waals surface area (Å²) in [6.07, 6.45) is 2.41. The summed E-state index contributed by atoms with van der Waals surface area (Å²) < 4.78 is 5.36. The molecule has 1 aromatic heterocycles. The Kier molecular flexibility index (Phi) is 6.60. The summed E-state index contributed by atoms with van der Waals surface area (Å²) in [5.74, 6) is 0.291. The molecule has 1 N–H and O–H groups in total. The molecule has 0 unspecified atom stereocenters. The van der Waals surface area contributed by atoms with Crippen molar-refractivity contribution in [3.05, 3.63) is 10.6 Å². The summed E-state index contributed by atoms with van der Waals surface area (Å²) in [4.78, 5) is 35.0. The van der Waals surface area contributed by atoms with E-state index in [0.29, 0.717) is 44.5 Å². The summed E-state index contributed by atoms with van der Waals surface area (Å²) in [5, 5.41) is 3.60. The first-order valence-corrected chi connectivity index (χ1v) is 11.0. The molecule has 0 spiro atoms. The van der Waals surface area contributed by atoms with Crippen molar-refractivity contribution >= 4 is 28.4 Å². The van der Waals surface area contributed by atoms with Crippen molar-refractivity contribution in [2.75, 3.05) is 44.7 Å². The highest BCUT2D eigenvalue weighted by atomic mass is 32.1. The number of rotatable bonds is 2. The number of carbonyl (C=O) groups excluding carboxylic acids is 2. The molecular formula is C20H32N4O3S. The first kappa shape index (κ1) is 21.0. The minimum absolute atomic E-state index is 0.0445. The van der Waals surface area contributed by atoms with Crippen LogP contribution in [-0.4, -0.2) is 66.1 Å². The lowest BCUT2D eigenvalue weighted by molar-refractivity contribution is -0.138. The van der Waals surface area contributed by atoms with Crippen LogP contribution in [0.1, 0.15) is 50.6 Å². The Labute approximate surface area is 171 Å². The van der Waals surface area contributed by atoms with E-state index in [4.69, 9.17) is 4.74 Å². The highest BCUT2D eigenvalue weighted by Gasteiger charge is 2.29. The summed E-state index contributed by atoms with van der Waals surface area (Å²) in [6, 6.07) is -0.130. The predicted molar refractivity (Wildman–Crippen MR) is 111 cm³/mol. The number of amides is 3. The smallest absolute Gasteiger partial charge is 0.323 e. The number of hydrogen-bond acceptors (Lipinski definition) is 5. The van der Waals surface area contributed by atoms with Crippen LogP contribution in [0, 0.1) is 12.8 Å². The number of carbonyl (C=O) groups is 2. The molecule has 2 aliphatic rings. The topological polar surface area (TPSA) is 74.8 Å². The Morgan fingerprint density at radius 1 is 1.11 bits per heavy atom. The molecular weight excluding hydrogens is 376 g/mol. The zero-order valence-electron chi connectivity index (χ0n) is 17.4. The van der Waals surface area contributed by atoms with Gasteiger partial charge in [-0.2, -0.15) is 0 Å². The summed E-state index contributed by atoms with van der Waals surface area (Å²) in [7, 11) is 0. The zero-order chi connectivity index (χ0) is 20.3. The van der Waals surface area contributed by atoms with Crippen molar-refractivity contribution in [3.63, 3.8) is 0 Å². The zero-order valence-corrected chi connectivity index (χ0v) is 18.2. The fourth-order valence-electron chi connectivity index (χ4n) is 3.86. The van der Waals surface area contributed by atoms with Crippen LogP contribution < -0.4 is 5.32 Å².